The number of hydrogen-bond donors (Lipinski definition) is 0. The van der Waals surface area contributed by atoms with Crippen LogP contribution in [0.1, 0.15) is 26.3 Å². The first-order chi connectivity index (χ1) is 13.0. The average Bonchev–Trinajstić information content (AvgIpc) is 2.68. The highest BCUT2D eigenvalue weighted by atomic mass is 28.4. The van der Waals surface area contributed by atoms with Crippen molar-refractivity contribution in [3.05, 3.63) is 90.5 Å². The zero-order chi connectivity index (χ0) is 19.3. The topological polar surface area (TPSA) is 18.5 Å². The van der Waals surface area contributed by atoms with Crippen LogP contribution in [0.15, 0.2) is 84.9 Å². The first-order valence-corrected chi connectivity index (χ1v) is 11.3. The summed E-state index contributed by atoms with van der Waals surface area (Å²) >= 11 is 0. The molecule has 140 valence electrons. The number of hydrogen-bond acceptors (Lipinski definition) is 2. The summed E-state index contributed by atoms with van der Waals surface area (Å²) in [5.74, 6) is 0.907. The monoisotopic (exact) mass is 376 g/mol. The Kier molecular flexibility index (Phi) is 5.83. The summed E-state index contributed by atoms with van der Waals surface area (Å²) in [4.78, 5) is 0. The molecule has 0 aliphatic carbocycles. The van der Waals surface area contributed by atoms with Gasteiger partial charge in [-0.05, 0) is 33.1 Å². The van der Waals surface area contributed by atoms with Crippen LogP contribution >= 0.6 is 0 Å². The van der Waals surface area contributed by atoms with Crippen molar-refractivity contribution >= 4 is 18.7 Å². The fourth-order valence-electron chi connectivity index (χ4n) is 3.65. The van der Waals surface area contributed by atoms with Gasteiger partial charge in [0.05, 0.1) is 6.61 Å². The van der Waals surface area contributed by atoms with Crippen molar-refractivity contribution in [2.75, 3.05) is 7.11 Å². The minimum Gasteiger partial charge on any atom is -0.534 e. The highest BCUT2D eigenvalue weighted by molar-refractivity contribution is 7.00. The Morgan fingerprint density at radius 1 is 0.704 bits per heavy atom. The van der Waals surface area contributed by atoms with E-state index in [9.17, 15) is 0 Å². The Morgan fingerprint density at radius 3 is 1.59 bits per heavy atom. The van der Waals surface area contributed by atoms with E-state index in [4.69, 9.17) is 9.16 Å². The van der Waals surface area contributed by atoms with Gasteiger partial charge < -0.3 is 9.16 Å². The van der Waals surface area contributed by atoms with Crippen molar-refractivity contribution in [1.82, 2.24) is 0 Å². The lowest BCUT2D eigenvalue weighted by Gasteiger charge is -2.43. The lowest BCUT2D eigenvalue weighted by atomic mass is 10.2. The molecule has 0 bridgehead atoms. The maximum Gasteiger partial charge on any atom is 0.319 e. The second-order valence-corrected chi connectivity index (χ2v) is 12.1. The van der Waals surface area contributed by atoms with Crippen LogP contribution in [0.5, 0.6) is 5.75 Å². The number of methoxy groups -OCH3 is 1. The predicted octanol–water partition coefficient (Wildman–Crippen LogP) is 4.77. The summed E-state index contributed by atoms with van der Waals surface area (Å²) in [6.45, 7) is 7.48. The van der Waals surface area contributed by atoms with Crippen molar-refractivity contribution in [2.24, 2.45) is 0 Å². The number of benzene rings is 3. The van der Waals surface area contributed by atoms with Gasteiger partial charge in [-0.25, -0.2) is 0 Å². The van der Waals surface area contributed by atoms with Crippen LogP contribution in [-0.2, 0) is 11.3 Å². The normalized spacial score (nSPS) is 12.0. The van der Waals surface area contributed by atoms with E-state index in [1.807, 2.05) is 0 Å². The molecule has 0 spiro atoms. The second-order valence-electron chi connectivity index (χ2n) is 7.84. The summed E-state index contributed by atoms with van der Waals surface area (Å²) in [6.07, 6.45) is 0. The molecule has 0 heterocycles. The van der Waals surface area contributed by atoms with Gasteiger partial charge in [0.2, 0.25) is 0 Å². The quantitative estimate of drug-likeness (QED) is 0.577. The molecule has 0 aliphatic rings. The number of ether oxygens (including phenoxy) is 1. The molecule has 0 atom stereocenters. The highest BCUT2D eigenvalue weighted by Gasteiger charge is 2.52. The van der Waals surface area contributed by atoms with Gasteiger partial charge in [-0.2, -0.15) is 0 Å². The van der Waals surface area contributed by atoms with Crippen LogP contribution < -0.4 is 14.8 Å². The maximum atomic E-state index is 6.97. The molecule has 0 aromatic heterocycles. The summed E-state index contributed by atoms with van der Waals surface area (Å²) in [6, 6.07) is 29.7. The third-order valence-electron chi connectivity index (χ3n) is 4.92. The van der Waals surface area contributed by atoms with E-state index < -0.39 is 8.32 Å². The molecule has 0 aliphatic heterocycles. The lowest BCUT2D eigenvalue weighted by Crippen LogP contribution is -2.68. The zero-order valence-corrected chi connectivity index (χ0v) is 17.6. The van der Waals surface area contributed by atoms with E-state index in [0.717, 1.165) is 11.3 Å². The molecular weight excluding hydrogens is 348 g/mol. The SMILES string of the molecule is COCc1ccc(O[Si](c2ccccc2)(c2ccccc2)C(C)(C)C)cc1. The first kappa shape index (κ1) is 19.4. The Hall–Kier alpha value is -2.36. The van der Waals surface area contributed by atoms with Gasteiger partial charge in [-0.3, -0.25) is 0 Å². The zero-order valence-electron chi connectivity index (χ0n) is 16.6. The van der Waals surface area contributed by atoms with Crippen LogP contribution in [0.3, 0.4) is 0 Å². The van der Waals surface area contributed by atoms with Crippen molar-refractivity contribution < 1.29 is 9.16 Å². The van der Waals surface area contributed by atoms with Crippen molar-refractivity contribution in [1.29, 1.82) is 0 Å². The summed E-state index contributed by atoms with van der Waals surface area (Å²) < 4.78 is 12.2. The van der Waals surface area contributed by atoms with E-state index in [-0.39, 0.29) is 5.04 Å². The van der Waals surface area contributed by atoms with Gasteiger partial charge in [0.1, 0.15) is 5.75 Å². The first-order valence-electron chi connectivity index (χ1n) is 9.35. The fraction of sp³-hybridized carbons (Fsp3) is 0.250. The van der Waals surface area contributed by atoms with E-state index in [2.05, 4.69) is 106 Å². The molecule has 0 saturated heterocycles. The largest absolute Gasteiger partial charge is 0.534 e. The standard InChI is InChI=1S/C24H28O2Si/c1-24(2,3)27(22-11-7-5-8-12-22,23-13-9-6-10-14-23)26-21-17-15-20(16-18-21)19-25-4/h5-18H,19H2,1-4H3. The minimum absolute atomic E-state index is 0.0408. The lowest BCUT2D eigenvalue weighted by molar-refractivity contribution is 0.185. The Bertz CT molecular complexity index is 798. The Morgan fingerprint density at radius 2 is 1.19 bits per heavy atom. The molecule has 0 fully saturated rings. The summed E-state index contributed by atoms with van der Waals surface area (Å²) in [7, 11) is -0.842. The van der Waals surface area contributed by atoms with E-state index in [1.165, 1.54) is 10.4 Å². The molecule has 3 aromatic carbocycles. The Labute approximate surface area is 163 Å². The van der Waals surface area contributed by atoms with Gasteiger partial charge in [0.15, 0.2) is 0 Å². The van der Waals surface area contributed by atoms with Crippen molar-refractivity contribution in [3.63, 3.8) is 0 Å². The van der Waals surface area contributed by atoms with Crippen LogP contribution in [0.4, 0.5) is 0 Å². The fourth-order valence-corrected chi connectivity index (χ4v) is 8.07. The molecule has 3 heteroatoms. The third-order valence-corrected chi connectivity index (χ3v) is 9.87. The maximum absolute atomic E-state index is 6.97. The Balaban J connectivity index is 2.14. The molecule has 0 saturated carbocycles. The van der Waals surface area contributed by atoms with Crippen LogP contribution in [0.25, 0.3) is 0 Å². The summed E-state index contributed by atoms with van der Waals surface area (Å²) in [5, 5.41) is 2.52. The minimum atomic E-state index is -2.56. The molecule has 3 aromatic rings. The molecule has 0 unspecified atom stereocenters. The highest BCUT2D eigenvalue weighted by Crippen LogP contribution is 2.37. The molecular formula is C24H28O2Si. The molecule has 2 nitrogen and oxygen atoms in total. The van der Waals surface area contributed by atoms with Crippen molar-refractivity contribution in [3.8, 4) is 5.75 Å². The van der Waals surface area contributed by atoms with Gasteiger partial charge in [0, 0.05) is 7.11 Å². The predicted molar refractivity (Wildman–Crippen MR) is 115 cm³/mol. The molecule has 0 amide bonds. The second kappa shape index (κ2) is 8.11. The molecule has 0 radical (unpaired) electrons. The van der Waals surface area contributed by atoms with Crippen LogP contribution in [-0.4, -0.2) is 15.4 Å². The van der Waals surface area contributed by atoms with Crippen molar-refractivity contribution in [2.45, 2.75) is 32.4 Å². The van der Waals surface area contributed by atoms with E-state index in [0.29, 0.717) is 6.61 Å². The molecule has 0 N–H and O–H groups in total. The average molecular weight is 377 g/mol. The smallest absolute Gasteiger partial charge is 0.319 e. The van der Waals surface area contributed by atoms with Gasteiger partial charge in [-0.15, -0.1) is 0 Å². The van der Waals surface area contributed by atoms with Gasteiger partial charge in [-0.1, -0.05) is 93.6 Å². The molecule has 27 heavy (non-hydrogen) atoms. The van der Waals surface area contributed by atoms with Crippen LogP contribution in [0, 0.1) is 0 Å². The van der Waals surface area contributed by atoms with Gasteiger partial charge in [0.25, 0.3) is 0 Å². The van der Waals surface area contributed by atoms with E-state index >= 15 is 0 Å². The van der Waals surface area contributed by atoms with Gasteiger partial charge >= 0.3 is 8.32 Å². The third kappa shape index (κ3) is 3.99. The summed E-state index contributed by atoms with van der Waals surface area (Å²) in [5.41, 5.74) is 1.15. The van der Waals surface area contributed by atoms with E-state index in [1.54, 1.807) is 7.11 Å². The van der Waals surface area contributed by atoms with Crippen LogP contribution in [0.2, 0.25) is 5.04 Å². The molecule has 3 rings (SSSR count). The number of rotatable bonds is 6.